The van der Waals surface area contributed by atoms with Crippen molar-refractivity contribution in [3.63, 3.8) is 0 Å². The maximum Gasteiger partial charge on any atom is 0.243 e. The van der Waals surface area contributed by atoms with E-state index in [9.17, 15) is 17.6 Å². The van der Waals surface area contributed by atoms with Gasteiger partial charge >= 0.3 is 0 Å². The molecule has 9 heteroatoms. The predicted octanol–water partition coefficient (Wildman–Crippen LogP) is 2.59. The molecular formula is C19H21ClFN3O3S. The number of hydrogen-bond acceptors (Lipinski definition) is 4. The maximum atomic E-state index is 13.1. The summed E-state index contributed by atoms with van der Waals surface area (Å²) in [6.07, 6.45) is 1.03. The van der Waals surface area contributed by atoms with Gasteiger partial charge in [-0.1, -0.05) is 17.7 Å². The summed E-state index contributed by atoms with van der Waals surface area (Å²) in [5.74, 6) is -0.763. The van der Waals surface area contributed by atoms with Crippen molar-refractivity contribution in [1.29, 1.82) is 0 Å². The Balaban J connectivity index is 1.66. The zero-order chi connectivity index (χ0) is 20.3. The van der Waals surface area contributed by atoms with Gasteiger partial charge in [-0.05, 0) is 42.5 Å². The summed E-state index contributed by atoms with van der Waals surface area (Å²) in [7, 11) is -3.68. The lowest BCUT2D eigenvalue weighted by molar-refractivity contribution is -0.129. The van der Waals surface area contributed by atoms with Gasteiger partial charge in [0.15, 0.2) is 0 Å². The molecule has 1 fully saturated rings. The molecular weight excluding hydrogens is 405 g/mol. The van der Waals surface area contributed by atoms with Crippen LogP contribution in [0.15, 0.2) is 48.5 Å². The van der Waals surface area contributed by atoms with E-state index in [1.807, 2.05) is 18.2 Å². The van der Waals surface area contributed by atoms with Crippen molar-refractivity contribution in [2.75, 3.05) is 48.2 Å². The van der Waals surface area contributed by atoms with E-state index in [1.54, 1.807) is 11.0 Å². The summed E-state index contributed by atoms with van der Waals surface area (Å²) >= 11 is 6.03. The molecule has 0 aromatic heterocycles. The number of amides is 1. The topological polar surface area (TPSA) is 60.9 Å². The summed E-state index contributed by atoms with van der Waals surface area (Å²) in [5.41, 5.74) is 1.25. The quantitative estimate of drug-likeness (QED) is 0.738. The zero-order valence-corrected chi connectivity index (χ0v) is 17.0. The van der Waals surface area contributed by atoms with Gasteiger partial charge in [-0.2, -0.15) is 0 Å². The Kier molecular flexibility index (Phi) is 6.10. The third-order valence-electron chi connectivity index (χ3n) is 4.60. The Bertz CT molecular complexity index is 945. The molecule has 0 spiro atoms. The molecule has 0 bridgehead atoms. The average Bonchev–Trinajstić information content (AvgIpc) is 2.66. The highest BCUT2D eigenvalue weighted by Gasteiger charge is 2.26. The SMILES string of the molecule is CS(=O)(=O)N(CC(=O)N1CCN(c2cccc(Cl)c2)CC1)c1ccc(F)cc1. The van der Waals surface area contributed by atoms with E-state index >= 15 is 0 Å². The van der Waals surface area contributed by atoms with Gasteiger partial charge in [0.05, 0.1) is 11.9 Å². The van der Waals surface area contributed by atoms with E-state index in [1.165, 1.54) is 24.3 Å². The highest BCUT2D eigenvalue weighted by Crippen LogP contribution is 2.22. The van der Waals surface area contributed by atoms with E-state index in [-0.39, 0.29) is 18.1 Å². The van der Waals surface area contributed by atoms with Crippen LogP contribution in [0.2, 0.25) is 5.02 Å². The van der Waals surface area contributed by atoms with Crippen molar-refractivity contribution in [3.05, 3.63) is 59.4 Å². The third kappa shape index (κ3) is 4.94. The number of sulfonamides is 1. The molecule has 0 unspecified atom stereocenters. The first-order valence-electron chi connectivity index (χ1n) is 8.75. The molecule has 1 heterocycles. The van der Waals surface area contributed by atoms with Gasteiger partial charge < -0.3 is 9.80 Å². The Morgan fingerprint density at radius 2 is 1.75 bits per heavy atom. The Morgan fingerprint density at radius 3 is 2.32 bits per heavy atom. The van der Waals surface area contributed by atoms with Gasteiger partial charge in [-0.3, -0.25) is 9.10 Å². The van der Waals surface area contributed by atoms with Crippen molar-refractivity contribution in [2.24, 2.45) is 0 Å². The standard InChI is InChI=1S/C19H21ClFN3O3S/c1-28(26,27)24(17-7-5-16(21)6-8-17)14-19(25)23-11-9-22(10-12-23)18-4-2-3-15(20)13-18/h2-8,13H,9-12,14H2,1H3. The lowest BCUT2D eigenvalue weighted by Crippen LogP contribution is -2.52. The molecule has 1 saturated heterocycles. The number of anilines is 2. The lowest BCUT2D eigenvalue weighted by atomic mass is 10.2. The fourth-order valence-corrected chi connectivity index (χ4v) is 4.15. The van der Waals surface area contributed by atoms with Gasteiger partial charge in [-0.15, -0.1) is 0 Å². The van der Waals surface area contributed by atoms with Gasteiger partial charge in [0.1, 0.15) is 12.4 Å². The lowest BCUT2D eigenvalue weighted by Gasteiger charge is -2.37. The van der Waals surface area contributed by atoms with Crippen LogP contribution in [0.3, 0.4) is 0 Å². The zero-order valence-electron chi connectivity index (χ0n) is 15.4. The molecule has 28 heavy (non-hydrogen) atoms. The minimum absolute atomic E-state index is 0.259. The first kappa shape index (κ1) is 20.4. The number of carbonyl (C=O) groups is 1. The second kappa shape index (κ2) is 8.36. The summed E-state index contributed by atoms with van der Waals surface area (Å²) in [6, 6.07) is 12.6. The first-order valence-corrected chi connectivity index (χ1v) is 11.0. The van der Waals surface area contributed by atoms with Crippen LogP contribution in [0.4, 0.5) is 15.8 Å². The second-order valence-corrected chi connectivity index (χ2v) is 8.94. The molecule has 0 atom stereocenters. The van der Waals surface area contributed by atoms with Crippen LogP contribution in [-0.2, 0) is 14.8 Å². The highest BCUT2D eigenvalue weighted by molar-refractivity contribution is 7.92. The average molecular weight is 426 g/mol. The number of piperazine rings is 1. The molecule has 1 aliphatic rings. The molecule has 6 nitrogen and oxygen atoms in total. The monoisotopic (exact) mass is 425 g/mol. The number of nitrogens with zero attached hydrogens (tertiary/aromatic N) is 3. The highest BCUT2D eigenvalue weighted by atomic mass is 35.5. The number of carbonyl (C=O) groups excluding carboxylic acids is 1. The van der Waals surface area contributed by atoms with Crippen LogP contribution in [0.5, 0.6) is 0 Å². The summed E-state index contributed by atoms with van der Waals surface area (Å²) in [5, 5.41) is 0.652. The van der Waals surface area contributed by atoms with Crippen LogP contribution in [0.1, 0.15) is 0 Å². The summed E-state index contributed by atoms with van der Waals surface area (Å²) < 4.78 is 38.4. The third-order valence-corrected chi connectivity index (χ3v) is 5.98. The van der Waals surface area contributed by atoms with E-state index in [4.69, 9.17) is 11.6 Å². The van der Waals surface area contributed by atoms with E-state index in [0.717, 1.165) is 16.2 Å². The van der Waals surface area contributed by atoms with Crippen molar-refractivity contribution in [3.8, 4) is 0 Å². The summed E-state index contributed by atoms with van der Waals surface area (Å²) in [4.78, 5) is 16.5. The molecule has 0 N–H and O–H groups in total. The molecule has 3 rings (SSSR count). The van der Waals surface area contributed by atoms with Crippen LogP contribution in [0.25, 0.3) is 0 Å². The number of hydrogen-bond donors (Lipinski definition) is 0. The van der Waals surface area contributed by atoms with E-state index in [2.05, 4.69) is 4.90 Å². The van der Waals surface area contributed by atoms with Crippen molar-refractivity contribution in [1.82, 2.24) is 4.90 Å². The van der Waals surface area contributed by atoms with Crippen molar-refractivity contribution >= 4 is 38.9 Å². The predicted molar refractivity (Wildman–Crippen MR) is 109 cm³/mol. The van der Waals surface area contributed by atoms with E-state index < -0.39 is 15.8 Å². The largest absolute Gasteiger partial charge is 0.368 e. The Labute approximate surface area is 169 Å². The molecule has 0 aliphatic carbocycles. The normalized spacial score (nSPS) is 14.8. The molecule has 2 aromatic rings. The number of halogens is 2. The summed E-state index contributed by atoms with van der Waals surface area (Å²) in [6.45, 7) is 1.89. The minimum Gasteiger partial charge on any atom is -0.368 e. The molecule has 1 aliphatic heterocycles. The fraction of sp³-hybridized carbons (Fsp3) is 0.316. The number of rotatable bonds is 5. The smallest absolute Gasteiger partial charge is 0.243 e. The van der Waals surface area contributed by atoms with Crippen LogP contribution >= 0.6 is 11.6 Å². The van der Waals surface area contributed by atoms with Crippen LogP contribution in [-0.4, -0.2) is 58.2 Å². The van der Waals surface area contributed by atoms with Gasteiger partial charge in [-0.25, -0.2) is 12.8 Å². The molecule has 2 aromatic carbocycles. The minimum atomic E-state index is -3.68. The Hall–Kier alpha value is -2.32. The molecule has 0 saturated carbocycles. The molecule has 150 valence electrons. The van der Waals surface area contributed by atoms with Gasteiger partial charge in [0.2, 0.25) is 15.9 Å². The van der Waals surface area contributed by atoms with E-state index in [0.29, 0.717) is 31.2 Å². The van der Waals surface area contributed by atoms with Gasteiger partial charge in [0, 0.05) is 36.9 Å². The fourth-order valence-electron chi connectivity index (χ4n) is 3.12. The van der Waals surface area contributed by atoms with Crippen molar-refractivity contribution in [2.45, 2.75) is 0 Å². The molecule has 0 radical (unpaired) electrons. The van der Waals surface area contributed by atoms with Crippen LogP contribution in [0, 0.1) is 5.82 Å². The first-order chi connectivity index (χ1) is 13.2. The van der Waals surface area contributed by atoms with Gasteiger partial charge in [0.25, 0.3) is 0 Å². The maximum absolute atomic E-state index is 13.1. The van der Waals surface area contributed by atoms with Crippen molar-refractivity contribution < 1.29 is 17.6 Å². The number of benzene rings is 2. The second-order valence-electron chi connectivity index (χ2n) is 6.59. The molecule has 1 amide bonds. The Morgan fingerprint density at radius 1 is 1.11 bits per heavy atom. The van der Waals surface area contributed by atoms with Crippen LogP contribution < -0.4 is 9.21 Å².